The molecule has 0 unspecified atom stereocenters. The van der Waals surface area contributed by atoms with Gasteiger partial charge in [0, 0.05) is 26.5 Å². The van der Waals surface area contributed by atoms with Gasteiger partial charge in [0.2, 0.25) is 5.91 Å². The van der Waals surface area contributed by atoms with Crippen molar-refractivity contribution in [3.8, 4) is 0 Å². The molecule has 0 spiro atoms. The van der Waals surface area contributed by atoms with Gasteiger partial charge >= 0.3 is 5.97 Å². The van der Waals surface area contributed by atoms with E-state index in [1.807, 2.05) is 0 Å². The van der Waals surface area contributed by atoms with Crippen LogP contribution in [0.5, 0.6) is 0 Å². The number of esters is 1. The van der Waals surface area contributed by atoms with E-state index in [-0.39, 0.29) is 31.9 Å². The number of hydrogen-bond acceptors (Lipinski definition) is 6. The minimum absolute atomic E-state index is 0.0720. The number of carbonyl (C=O) groups is 2. The van der Waals surface area contributed by atoms with Crippen LogP contribution in [0, 0.1) is 0 Å². The summed E-state index contributed by atoms with van der Waals surface area (Å²) in [5, 5.41) is 12.3. The summed E-state index contributed by atoms with van der Waals surface area (Å²) in [7, 11) is 0. The van der Waals surface area contributed by atoms with Gasteiger partial charge in [-0.3, -0.25) is 9.59 Å². The van der Waals surface area contributed by atoms with E-state index in [1.54, 1.807) is 6.92 Å². The molecule has 2 N–H and O–H groups in total. The van der Waals surface area contributed by atoms with E-state index in [9.17, 15) is 14.7 Å². The second-order valence-electron chi connectivity index (χ2n) is 12.1. The molecule has 0 rings (SSSR count). The quantitative estimate of drug-likeness (QED) is 0.0436. The third-order valence-corrected chi connectivity index (χ3v) is 7.80. The van der Waals surface area contributed by atoms with Gasteiger partial charge in [0.15, 0.2) is 0 Å². The molecule has 0 aliphatic carbocycles. The van der Waals surface area contributed by atoms with Gasteiger partial charge < -0.3 is 24.6 Å². The molecule has 250 valence electrons. The summed E-state index contributed by atoms with van der Waals surface area (Å²) in [6.45, 7) is 5.42. The van der Waals surface area contributed by atoms with Gasteiger partial charge in [-0.2, -0.15) is 0 Å². The molecule has 42 heavy (non-hydrogen) atoms. The van der Waals surface area contributed by atoms with Gasteiger partial charge in [-0.1, -0.05) is 142 Å². The molecular formula is C35H69NO6. The number of ether oxygens (including phenoxy) is 3. The molecular weight excluding hydrogens is 530 g/mol. The highest BCUT2D eigenvalue weighted by Crippen LogP contribution is 2.14. The second-order valence-corrected chi connectivity index (χ2v) is 12.1. The Balaban J connectivity index is 3.36. The zero-order valence-corrected chi connectivity index (χ0v) is 27.8. The summed E-state index contributed by atoms with van der Waals surface area (Å²) in [5.74, 6) is -0.177. The van der Waals surface area contributed by atoms with Crippen LogP contribution >= 0.6 is 0 Å². The molecule has 0 aromatic heterocycles. The summed E-state index contributed by atoms with van der Waals surface area (Å²) in [5.41, 5.74) is 0. The van der Waals surface area contributed by atoms with Gasteiger partial charge in [-0.15, -0.1) is 0 Å². The number of hydrogen-bond donors (Lipinski definition) is 2. The van der Waals surface area contributed by atoms with Crippen LogP contribution in [0.3, 0.4) is 0 Å². The smallest absolute Gasteiger partial charge is 0.306 e. The first-order valence-electron chi connectivity index (χ1n) is 17.8. The molecule has 0 saturated heterocycles. The van der Waals surface area contributed by atoms with E-state index < -0.39 is 6.10 Å². The Bertz CT molecular complexity index is 574. The fourth-order valence-corrected chi connectivity index (χ4v) is 5.14. The number of unbranched alkanes of at least 4 members (excludes halogenated alkanes) is 22. The topological polar surface area (TPSA) is 94.1 Å². The van der Waals surface area contributed by atoms with Crippen LogP contribution in [0.25, 0.3) is 0 Å². The van der Waals surface area contributed by atoms with Crippen LogP contribution in [0.15, 0.2) is 0 Å². The van der Waals surface area contributed by atoms with Crippen molar-refractivity contribution in [2.45, 2.75) is 180 Å². The summed E-state index contributed by atoms with van der Waals surface area (Å²) < 4.78 is 16.4. The highest BCUT2D eigenvalue weighted by molar-refractivity contribution is 5.72. The maximum absolute atomic E-state index is 12.1. The standard InChI is InChI=1S/C35H69NO6/c1-3-4-5-6-7-8-12-15-18-21-24-27-35(39)42-34(30-37)31-41-32-40-29-26-23-20-17-14-11-9-10-13-16-19-22-25-28-36-33(2)38/h34,37H,3-32H2,1-2H3,(H,36,38)/t34-/m1/s1. The first-order chi connectivity index (χ1) is 20.6. The summed E-state index contributed by atoms with van der Waals surface area (Å²) in [4.78, 5) is 22.9. The Labute approximate surface area is 259 Å². The van der Waals surface area contributed by atoms with Gasteiger partial charge in [0.05, 0.1) is 13.2 Å². The number of carbonyl (C=O) groups excluding carboxylic acids is 2. The molecule has 1 atom stereocenters. The maximum atomic E-state index is 12.1. The van der Waals surface area contributed by atoms with Crippen LogP contribution < -0.4 is 5.32 Å². The summed E-state index contributed by atoms with van der Waals surface area (Å²) in [6, 6.07) is 0. The molecule has 0 aromatic carbocycles. The van der Waals surface area contributed by atoms with Crippen LogP contribution in [0.2, 0.25) is 0 Å². The fraction of sp³-hybridized carbons (Fsp3) is 0.943. The lowest BCUT2D eigenvalue weighted by molar-refractivity contribution is -0.159. The SMILES string of the molecule is CCCCCCCCCCCCCC(=O)O[C@H](CO)COCOCCCCCCCCCCCCCCCNC(C)=O. The average molecular weight is 600 g/mol. The predicted molar refractivity (Wildman–Crippen MR) is 174 cm³/mol. The Morgan fingerprint density at radius 2 is 1.07 bits per heavy atom. The van der Waals surface area contributed by atoms with Crippen molar-refractivity contribution in [2.75, 3.05) is 33.2 Å². The maximum Gasteiger partial charge on any atom is 0.306 e. The molecule has 0 aliphatic rings. The molecule has 1 amide bonds. The molecule has 0 bridgehead atoms. The lowest BCUT2D eigenvalue weighted by Gasteiger charge is -2.16. The summed E-state index contributed by atoms with van der Waals surface area (Å²) in [6.07, 6.45) is 29.9. The van der Waals surface area contributed by atoms with Crippen LogP contribution in [0.4, 0.5) is 0 Å². The van der Waals surface area contributed by atoms with Crippen LogP contribution in [-0.2, 0) is 23.8 Å². The Kier molecular flexibility index (Phi) is 33.3. The van der Waals surface area contributed by atoms with E-state index in [4.69, 9.17) is 14.2 Å². The van der Waals surface area contributed by atoms with Gasteiger partial charge in [-0.25, -0.2) is 0 Å². The van der Waals surface area contributed by atoms with E-state index in [0.717, 1.165) is 32.2 Å². The first-order valence-corrected chi connectivity index (χ1v) is 17.8. The number of nitrogens with one attached hydrogen (secondary N) is 1. The molecule has 0 radical (unpaired) electrons. The summed E-state index contributed by atoms with van der Waals surface area (Å²) >= 11 is 0. The van der Waals surface area contributed by atoms with Crippen molar-refractivity contribution in [1.82, 2.24) is 5.32 Å². The van der Waals surface area contributed by atoms with Crippen molar-refractivity contribution in [2.24, 2.45) is 0 Å². The van der Waals surface area contributed by atoms with E-state index in [1.165, 1.54) is 128 Å². The van der Waals surface area contributed by atoms with E-state index in [0.29, 0.717) is 13.0 Å². The minimum Gasteiger partial charge on any atom is -0.457 e. The number of aliphatic hydroxyl groups excluding tert-OH is 1. The normalized spacial score (nSPS) is 12.0. The molecule has 0 heterocycles. The van der Waals surface area contributed by atoms with E-state index >= 15 is 0 Å². The Morgan fingerprint density at radius 1 is 0.619 bits per heavy atom. The number of amides is 1. The number of rotatable bonds is 34. The minimum atomic E-state index is -0.616. The molecule has 0 saturated carbocycles. The zero-order chi connectivity index (χ0) is 30.8. The Morgan fingerprint density at radius 3 is 1.55 bits per heavy atom. The molecule has 7 nitrogen and oxygen atoms in total. The van der Waals surface area contributed by atoms with Crippen molar-refractivity contribution < 1.29 is 28.9 Å². The number of aliphatic hydroxyl groups is 1. The zero-order valence-electron chi connectivity index (χ0n) is 27.8. The molecule has 0 fully saturated rings. The third kappa shape index (κ3) is 33.3. The van der Waals surface area contributed by atoms with Gasteiger partial charge in [-0.05, 0) is 19.3 Å². The van der Waals surface area contributed by atoms with Crippen molar-refractivity contribution in [1.29, 1.82) is 0 Å². The monoisotopic (exact) mass is 600 g/mol. The van der Waals surface area contributed by atoms with E-state index in [2.05, 4.69) is 12.2 Å². The van der Waals surface area contributed by atoms with Gasteiger partial charge in [0.1, 0.15) is 12.9 Å². The molecule has 7 heteroatoms. The third-order valence-electron chi connectivity index (χ3n) is 7.80. The highest BCUT2D eigenvalue weighted by atomic mass is 16.7. The largest absolute Gasteiger partial charge is 0.457 e. The van der Waals surface area contributed by atoms with Crippen molar-refractivity contribution in [3.05, 3.63) is 0 Å². The fourth-order valence-electron chi connectivity index (χ4n) is 5.14. The van der Waals surface area contributed by atoms with Crippen LogP contribution in [-0.4, -0.2) is 56.2 Å². The lowest BCUT2D eigenvalue weighted by atomic mass is 10.0. The second kappa shape index (κ2) is 34.3. The Hall–Kier alpha value is -1.18. The van der Waals surface area contributed by atoms with Crippen molar-refractivity contribution in [3.63, 3.8) is 0 Å². The predicted octanol–water partition coefficient (Wildman–Crippen LogP) is 8.79. The lowest BCUT2D eigenvalue weighted by Crippen LogP contribution is -2.27. The van der Waals surface area contributed by atoms with Crippen molar-refractivity contribution >= 4 is 11.9 Å². The highest BCUT2D eigenvalue weighted by Gasteiger charge is 2.13. The molecule has 0 aliphatic heterocycles. The van der Waals surface area contributed by atoms with Crippen LogP contribution in [0.1, 0.15) is 174 Å². The van der Waals surface area contributed by atoms with Gasteiger partial charge in [0.25, 0.3) is 0 Å². The molecule has 0 aromatic rings. The average Bonchev–Trinajstić information content (AvgIpc) is 2.98. The first kappa shape index (κ1) is 40.8.